The normalized spacial score (nSPS) is 18.4. The van der Waals surface area contributed by atoms with Crippen molar-refractivity contribution in [3.8, 4) is 0 Å². The third-order valence-corrected chi connectivity index (χ3v) is 5.29. The molecule has 0 bridgehead atoms. The van der Waals surface area contributed by atoms with Crippen LogP contribution >= 0.6 is 0 Å². The molecule has 1 aromatic carbocycles. The summed E-state index contributed by atoms with van der Waals surface area (Å²) in [6.45, 7) is 3.61. The molecule has 0 saturated heterocycles. The number of carbonyl (C=O) groups excluding carboxylic acids is 3. The topological polar surface area (TPSA) is 93.7 Å². The van der Waals surface area contributed by atoms with Gasteiger partial charge in [0.05, 0.1) is 30.3 Å². The Labute approximate surface area is 170 Å². The highest BCUT2D eigenvalue weighted by molar-refractivity contribution is 5.94. The van der Waals surface area contributed by atoms with Crippen molar-refractivity contribution in [3.05, 3.63) is 46.2 Å². The third kappa shape index (κ3) is 5.16. The summed E-state index contributed by atoms with van der Waals surface area (Å²) in [6.07, 6.45) is 5.21. The Morgan fingerprint density at radius 1 is 1.10 bits per heavy atom. The number of urea groups is 1. The maximum Gasteiger partial charge on any atom is 0.338 e. The summed E-state index contributed by atoms with van der Waals surface area (Å²) in [6, 6.07) is 5.24. The molecule has 0 saturated carbocycles. The molecule has 2 amide bonds. The van der Waals surface area contributed by atoms with E-state index in [4.69, 9.17) is 9.47 Å². The van der Waals surface area contributed by atoms with Crippen LogP contribution in [0.1, 0.15) is 49.8 Å². The van der Waals surface area contributed by atoms with Crippen molar-refractivity contribution < 1.29 is 23.9 Å². The van der Waals surface area contributed by atoms with Gasteiger partial charge in [-0.05, 0) is 55.7 Å². The molecule has 1 heterocycles. The van der Waals surface area contributed by atoms with Crippen molar-refractivity contribution in [2.24, 2.45) is 0 Å². The molecule has 2 N–H and O–H groups in total. The summed E-state index contributed by atoms with van der Waals surface area (Å²) in [4.78, 5) is 36.6. The van der Waals surface area contributed by atoms with E-state index in [-0.39, 0.29) is 25.3 Å². The van der Waals surface area contributed by atoms with Crippen molar-refractivity contribution in [1.82, 2.24) is 10.6 Å². The number of esters is 2. The zero-order valence-corrected chi connectivity index (χ0v) is 17.0. The van der Waals surface area contributed by atoms with Gasteiger partial charge in [0.1, 0.15) is 6.61 Å². The summed E-state index contributed by atoms with van der Waals surface area (Å²) in [5.41, 5.74) is 4.16. The number of nitrogens with one attached hydrogen (secondary N) is 2. The van der Waals surface area contributed by atoms with Gasteiger partial charge in [0.2, 0.25) is 0 Å². The van der Waals surface area contributed by atoms with Crippen LogP contribution in [-0.4, -0.2) is 37.2 Å². The van der Waals surface area contributed by atoms with Gasteiger partial charge < -0.3 is 20.1 Å². The van der Waals surface area contributed by atoms with Gasteiger partial charge in [-0.2, -0.15) is 0 Å². The average molecular weight is 400 g/mol. The van der Waals surface area contributed by atoms with Gasteiger partial charge in [-0.15, -0.1) is 0 Å². The first kappa shape index (κ1) is 20.9. The minimum atomic E-state index is -0.521. The number of hydrogen-bond acceptors (Lipinski definition) is 5. The van der Waals surface area contributed by atoms with Crippen molar-refractivity contribution in [2.75, 3.05) is 13.2 Å². The van der Waals surface area contributed by atoms with E-state index in [1.165, 1.54) is 24.0 Å². The number of carbonyl (C=O) groups is 3. The smallest absolute Gasteiger partial charge is 0.338 e. The van der Waals surface area contributed by atoms with E-state index >= 15 is 0 Å². The van der Waals surface area contributed by atoms with Crippen LogP contribution in [0.15, 0.2) is 29.5 Å². The second-order valence-corrected chi connectivity index (χ2v) is 7.32. The van der Waals surface area contributed by atoms with E-state index in [9.17, 15) is 14.4 Å². The van der Waals surface area contributed by atoms with Gasteiger partial charge in [-0.1, -0.05) is 25.1 Å². The number of ether oxygens (including phenoxy) is 2. The maximum atomic E-state index is 12.4. The predicted octanol–water partition coefficient (Wildman–Crippen LogP) is 2.56. The number of benzene rings is 1. The lowest BCUT2D eigenvalue weighted by atomic mass is 9.90. The first-order valence-corrected chi connectivity index (χ1v) is 10.3. The van der Waals surface area contributed by atoms with Gasteiger partial charge in [-0.25, -0.2) is 9.59 Å². The molecular formula is C22H28N2O5. The van der Waals surface area contributed by atoms with Crippen LogP contribution in [-0.2, 0) is 38.3 Å². The number of fused-ring (bicyclic) bond motifs is 1. The lowest BCUT2D eigenvalue weighted by molar-refractivity contribution is -0.143. The fraction of sp³-hybridized carbons (Fsp3) is 0.500. The number of hydrogen-bond donors (Lipinski definition) is 2. The van der Waals surface area contributed by atoms with E-state index in [1.54, 1.807) is 6.92 Å². The van der Waals surface area contributed by atoms with E-state index in [0.717, 1.165) is 18.4 Å². The van der Waals surface area contributed by atoms with Crippen LogP contribution in [0.2, 0.25) is 0 Å². The molecule has 1 aliphatic carbocycles. The number of aryl methyl sites for hydroxylation is 2. The van der Waals surface area contributed by atoms with Crippen LogP contribution < -0.4 is 10.6 Å². The van der Waals surface area contributed by atoms with Crippen molar-refractivity contribution >= 4 is 18.0 Å². The molecule has 0 unspecified atom stereocenters. The molecule has 7 nitrogen and oxygen atoms in total. The standard InChI is InChI=1S/C22H28N2O5/c1-3-17-20(21(26)28-4-2)18(24-22(27)23-17)13-29-19(25)12-14-9-10-15-7-5-6-8-16(15)11-14/h9-11,17H,3-8,12-13H2,1-2H3,(H2,23,24,27)/t17-/m0/s1. The highest BCUT2D eigenvalue weighted by Gasteiger charge is 2.32. The van der Waals surface area contributed by atoms with Crippen LogP contribution in [0.3, 0.4) is 0 Å². The Kier molecular flexibility index (Phi) is 6.90. The quantitative estimate of drug-likeness (QED) is 0.686. The van der Waals surface area contributed by atoms with Crippen LogP contribution in [0, 0.1) is 0 Å². The molecule has 29 heavy (non-hydrogen) atoms. The summed E-state index contributed by atoms with van der Waals surface area (Å²) in [7, 11) is 0. The average Bonchev–Trinajstić information content (AvgIpc) is 2.71. The highest BCUT2D eigenvalue weighted by atomic mass is 16.5. The molecular weight excluding hydrogens is 372 g/mol. The van der Waals surface area contributed by atoms with E-state index in [2.05, 4.69) is 22.8 Å². The first-order valence-electron chi connectivity index (χ1n) is 10.3. The van der Waals surface area contributed by atoms with Gasteiger partial charge >= 0.3 is 18.0 Å². The largest absolute Gasteiger partial charge is 0.463 e. The molecule has 0 fully saturated rings. The molecule has 0 spiro atoms. The zero-order chi connectivity index (χ0) is 20.8. The lowest BCUT2D eigenvalue weighted by Crippen LogP contribution is -2.51. The fourth-order valence-electron chi connectivity index (χ4n) is 3.84. The molecule has 0 aromatic heterocycles. The van der Waals surface area contributed by atoms with E-state index in [0.29, 0.717) is 12.0 Å². The Morgan fingerprint density at radius 2 is 1.86 bits per heavy atom. The van der Waals surface area contributed by atoms with Crippen molar-refractivity contribution in [2.45, 2.75) is 58.4 Å². The van der Waals surface area contributed by atoms with Gasteiger partial charge in [0.15, 0.2) is 0 Å². The molecule has 0 radical (unpaired) electrons. The maximum absolute atomic E-state index is 12.4. The summed E-state index contributed by atoms with van der Waals surface area (Å²) in [5, 5.41) is 5.27. The predicted molar refractivity (Wildman–Crippen MR) is 107 cm³/mol. The Morgan fingerprint density at radius 3 is 2.59 bits per heavy atom. The monoisotopic (exact) mass is 400 g/mol. The minimum Gasteiger partial charge on any atom is -0.463 e. The number of rotatable bonds is 7. The summed E-state index contributed by atoms with van der Waals surface area (Å²) in [5.74, 6) is -0.926. The van der Waals surface area contributed by atoms with Crippen molar-refractivity contribution in [3.63, 3.8) is 0 Å². The molecule has 3 rings (SSSR count). The second-order valence-electron chi connectivity index (χ2n) is 7.32. The lowest BCUT2D eigenvalue weighted by Gasteiger charge is -2.28. The minimum absolute atomic E-state index is 0.151. The second kappa shape index (κ2) is 9.58. The summed E-state index contributed by atoms with van der Waals surface area (Å²) < 4.78 is 10.5. The Bertz CT molecular complexity index is 830. The van der Waals surface area contributed by atoms with Crippen LogP contribution in [0.4, 0.5) is 4.79 Å². The van der Waals surface area contributed by atoms with Crippen LogP contribution in [0.25, 0.3) is 0 Å². The van der Waals surface area contributed by atoms with E-state index < -0.39 is 24.0 Å². The molecule has 156 valence electrons. The third-order valence-electron chi connectivity index (χ3n) is 5.29. The molecule has 1 atom stereocenters. The van der Waals surface area contributed by atoms with Crippen molar-refractivity contribution in [1.29, 1.82) is 0 Å². The fourth-order valence-corrected chi connectivity index (χ4v) is 3.84. The Balaban J connectivity index is 1.68. The first-order chi connectivity index (χ1) is 14.0. The van der Waals surface area contributed by atoms with Gasteiger partial charge in [0.25, 0.3) is 0 Å². The molecule has 2 aliphatic rings. The highest BCUT2D eigenvalue weighted by Crippen LogP contribution is 2.23. The molecule has 7 heteroatoms. The molecule has 1 aliphatic heterocycles. The SMILES string of the molecule is CCOC(=O)C1=C(COC(=O)Cc2ccc3c(c2)CCCC3)NC(=O)N[C@H]1CC. The number of amides is 2. The summed E-state index contributed by atoms with van der Waals surface area (Å²) >= 11 is 0. The van der Waals surface area contributed by atoms with Gasteiger partial charge in [-0.3, -0.25) is 4.79 Å². The Hall–Kier alpha value is -2.83. The zero-order valence-electron chi connectivity index (χ0n) is 17.0. The van der Waals surface area contributed by atoms with Crippen LogP contribution in [0.5, 0.6) is 0 Å². The van der Waals surface area contributed by atoms with E-state index in [1.807, 2.05) is 13.0 Å². The van der Waals surface area contributed by atoms with Gasteiger partial charge in [0, 0.05) is 0 Å². The molecule has 1 aromatic rings.